The second kappa shape index (κ2) is 3.44. The molecule has 0 aliphatic carbocycles. The van der Waals surface area contributed by atoms with Crippen molar-refractivity contribution in [2.75, 3.05) is 5.73 Å². The lowest BCUT2D eigenvalue weighted by molar-refractivity contribution is -0.143. The number of anilines is 1. The van der Waals surface area contributed by atoms with E-state index in [0.717, 1.165) is 22.1 Å². The Morgan fingerprint density at radius 2 is 2.06 bits per heavy atom. The number of nitrogens with two attached hydrogens (primary N) is 1. The summed E-state index contributed by atoms with van der Waals surface area (Å²) in [6.07, 6.45) is -4.43. The van der Waals surface area contributed by atoms with Crippen LogP contribution in [0.5, 0.6) is 0 Å². The summed E-state index contributed by atoms with van der Waals surface area (Å²) in [7, 11) is 1.22. The summed E-state index contributed by atoms with van der Waals surface area (Å²) in [5, 5.41) is 11.3. The van der Waals surface area contributed by atoms with Gasteiger partial charge >= 0.3 is 6.18 Å². The van der Waals surface area contributed by atoms with Crippen molar-refractivity contribution in [2.24, 2.45) is 7.05 Å². The number of rotatable bonds is 1. The highest BCUT2D eigenvalue weighted by molar-refractivity contribution is 7.18. The fraction of sp³-hybridized carbons (Fsp3) is 0.286. The molecule has 0 fully saturated rings. The van der Waals surface area contributed by atoms with Gasteiger partial charge in [0, 0.05) is 7.05 Å². The van der Waals surface area contributed by atoms with E-state index in [9.17, 15) is 13.2 Å². The Morgan fingerprint density at radius 1 is 1.38 bits per heavy atom. The number of alkyl halides is 3. The summed E-state index contributed by atoms with van der Waals surface area (Å²) < 4.78 is 38.2. The van der Waals surface area contributed by atoms with E-state index in [1.54, 1.807) is 0 Å². The van der Waals surface area contributed by atoms with Gasteiger partial charge < -0.3 is 5.73 Å². The van der Waals surface area contributed by atoms with Crippen molar-refractivity contribution in [2.45, 2.75) is 6.18 Å². The second-order valence-electron chi connectivity index (χ2n) is 2.98. The molecule has 86 valence electrons. The Morgan fingerprint density at radius 3 is 2.50 bits per heavy atom. The number of aryl methyl sites for hydroxylation is 1. The van der Waals surface area contributed by atoms with Gasteiger partial charge in [-0.05, 0) is 6.07 Å². The van der Waals surface area contributed by atoms with E-state index in [1.807, 2.05) is 0 Å². The summed E-state index contributed by atoms with van der Waals surface area (Å²) in [5.41, 5.74) is 4.61. The maximum absolute atomic E-state index is 12.5. The van der Waals surface area contributed by atoms with E-state index in [4.69, 9.17) is 5.73 Å². The summed E-state index contributed by atoms with van der Waals surface area (Å²) in [6.45, 7) is 0. The van der Waals surface area contributed by atoms with Crippen molar-refractivity contribution in [3.63, 3.8) is 0 Å². The first-order valence-electron chi connectivity index (χ1n) is 4.08. The quantitative estimate of drug-likeness (QED) is 0.832. The van der Waals surface area contributed by atoms with Crippen LogP contribution in [0.2, 0.25) is 0 Å². The molecule has 0 aliphatic rings. The summed E-state index contributed by atoms with van der Waals surface area (Å²) >= 11 is 0.986. The van der Waals surface area contributed by atoms with Crippen molar-refractivity contribution in [1.29, 1.82) is 0 Å². The molecule has 16 heavy (non-hydrogen) atoms. The van der Waals surface area contributed by atoms with Crippen LogP contribution < -0.4 is 5.73 Å². The Kier molecular flexibility index (Phi) is 2.34. The minimum Gasteiger partial charge on any atom is -0.374 e. The Balaban J connectivity index is 2.46. The largest absolute Gasteiger partial charge is 0.433 e. The Hall–Kier alpha value is -1.64. The van der Waals surface area contributed by atoms with Crippen LogP contribution in [-0.2, 0) is 13.2 Å². The van der Waals surface area contributed by atoms with Gasteiger partial charge in [-0.25, -0.2) is 0 Å². The molecular formula is C7H6F3N5S. The third-order valence-electron chi connectivity index (χ3n) is 1.83. The molecule has 0 saturated heterocycles. The van der Waals surface area contributed by atoms with Gasteiger partial charge in [-0.1, -0.05) is 11.3 Å². The van der Waals surface area contributed by atoms with Gasteiger partial charge in [0.25, 0.3) is 0 Å². The van der Waals surface area contributed by atoms with Crippen LogP contribution in [0.4, 0.5) is 18.3 Å². The molecule has 2 N–H and O–H groups in total. The lowest BCUT2D eigenvalue weighted by Gasteiger charge is -2.04. The van der Waals surface area contributed by atoms with Crippen molar-refractivity contribution < 1.29 is 13.2 Å². The van der Waals surface area contributed by atoms with E-state index in [1.165, 1.54) is 7.05 Å². The van der Waals surface area contributed by atoms with E-state index >= 15 is 0 Å². The third-order valence-corrected chi connectivity index (χ3v) is 2.60. The maximum Gasteiger partial charge on any atom is 0.433 e. The molecule has 0 saturated carbocycles. The molecule has 0 aliphatic heterocycles. The molecule has 0 bridgehead atoms. The molecule has 0 amide bonds. The van der Waals surface area contributed by atoms with E-state index < -0.39 is 11.9 Å². The molecule has 0 atom stereocenters. The van der Waals surface area contributed by atoms with Gasteiger partial charge in [0.15, 0.2) is 5.01 Å². The highest BCUT2D eigenvalue weighted by Crippen LogP contribution is 2.32. The van der Waals surface area contributed by atoms with Crippen LogP contribution in [-0.4, -0.2) is 20.0 Å². The van der Waals surface area contributed by atoms with Crippen molar-refractivity contribution in [3.8, 4) is 10.7 Å². The number of hydrogen-bond donors (Lipinski definition) is 1. The van der Waals surface area contributed by atoms with Gasteiger partial charge in [-0.3, -0.25) is 4.68 Å². The maximum atomic E-state index is 12.5. The zero-order valence-corrected chi connectivity index (χ0v) is 8.80. The molecule has 2 aromatic rings. The lowest BCUT2D eigenvalue weighted by Crippen LogP contribution is -2.11. The fourth-order valence-electron chi connectivity index (χ4n) is 1.18. The first-order valence-corrected chi connectivity index (χ1v) is 4.90. The van der Waals surface area contributed by atoms with Crippen molar-refractivity contribution >= 4 is 16.5 Å². The van der Waals surface area contributed by atoms with Crippen LogP contribution in [0.25, 0.3) is 10.7 Å². The average molecular weight is 249 g/mol. The molecule has 5 nitrogen and oxygen atoms in total. The molecule has 2 aromatic heterocycles. The highest BCUT2D eigenvalue weighted by Gasteiger charge is 2.35. The molecule has 2 heterocycles. The SMILES string of the molecule is Cn1nc(-c2nnc(N)s2)cc1C(F)(F)F. The van der Waals surface area contributed by atoms with Crippen LogP contribution in [0, 0.1) is 0 Å². The van der Waals surface area contributed by atoms with Crippen LogP contribution >= 0.6 is 11.3 Å². The highest BCUT2D eigenvalue weighted by atomic mass is 32.1. The Bertz CT molecular complexity index is 514. The van der Waals surface area contributed by atoms with Gasteiger partial charge in [0.05, 0.1) is 0 Å². The minimum absolute atomic E-state index is 0.115. The number of halogens is 3. The minimum atomic E-state index is -4.43. The van der Waals surface area contributed by atoms with Crippen molar-refractivity contribution in [3.05, 3.63) is 11.8 Å². The molecule has 0 unspecified atom stereocenters. The Labute approximate surface area is 91.7 Å². The molecule has 0 spiro atoms. The predicted molar refractivity (Wildman–Crippen MR) is 51.5 cm³/mol. The smallest absolute Gasteiger partial charge is 0.374 e. The van der Waals surface area contributed by atoms with E-state index in [-0.39, 0.29) is 15.8 Å². The standard InChI is InChI=1S/C7H6F3N5S/c1-15-4(7(8,9)10)2-3(14-15)5-12-13-6(11)16-5/h2H,1H3,(H2,11,13). The molecule has 0 radical (unpaired) electrons. The predicted octanol–water partition coefficient (Wildman–Crippen LogP) is 1.54. The third kappa shape index (κ3) is 1.85. The van der Waals surface area contributed by atoms with Gasteiger partial charge in [0.1, 0.15) is 11.4 Å². The van der Waals surface area contributed by atoms with Gasteiger partial charge in [-0.2, -0.15) is 18.3 Å². The van der Waals surface area contributed by atoms with Crippen LogP contribution in [0.1, 0.15) is 5.69 Å². The number of hydrogen-bond acceptors (Lipinski definition) is 5. The topological polar surface area (TPSA) is 69.6 Å². The monoisotopic (exact) mass is 249 g/mol. The number of aromatic nitrogens is 4. The lowest BCUT2D eigenvalue weighted by atomic mass is 10.3. The molecule has 9 heteroatoms. The zero-order valence-electron chi connectivity index (χ0n) is 7.99. The summed E-state index contributed by atoms with van der Waals surface area (Å²) in [6, 6.07) is 0.917. The van der Waals surface area contributed by atoms with Crippen LogP contribution in [0.3, 0.4) is 0 Å². The van der Waals surface area contributed by atoms with Crippen molar-refractivity contribution in [1.82, 2.24) is 20.0 Å². The van der Waals surface area contributed by atoms with Crippen LogP contribution in [0.15, 0.2) is 6.07 Å². The molecule has 2 rings (SSSR count). The number of nitrogen functional groups attached to an aromatic ring is 1. The van der Waals surface area contributed by atoms with E-state index in [0.29, 0.717) is 0 Å². The zero-order chi connectivity index (χ0) is 11.9. The second-order valence-corrected chi connectivity index (χ2v) is 3.99. The summed E-state index contributed by atoms with van der Waals surface area (Å²) in [4.78, 5) is 0. The van der Waals surface area contributed by atoms with Gasteiger partial charge in [0.2, 0.25) is 5.13 Å². The molecular weight excluding hydrogens is 243 g/mol. The van der Waals surface area contributed by atoms with E-state index in [2.05, 4.69) is 15.3 Å². The molecule has 0 aromatic carbocycles. The fourth-order valence-corrected chi connectivity index (χ4v) is 1.74. The first kappa shape index (κ1) is 10.9. The average Bonchev–Trinajstić information content (AvgIpc) is 2.70. The normalized spacial score (nSPS) is 12.0. The van der Waals surface area contributed by atoms with Gasteiger partial charge in [-0.15, -0.1) is 10.2 Å². The summed E-state index contributed by atoms with van der Waals surface area (Å²) in [5.74, 6) is 0. The first-order chi connectivity index (χ1) is 7.38. The number of nitrogens with zero attached hydrogens (tertiary/aromatic N) is 4.